The number of benzene rings is 1. The molecule has 2 aliphatic heterocycles. The van der Waals surface area contributed by atoms with Crippen molar-refractivity contribution in [1.82, 2.24) is 24.7 Å². The molecular formula is C28H38F3N5O2. The molecule has 2 fully saturated rings. The molecule has 0 spiro atoms. The van der Waals surface area contributed by atoms with Gasteiger partial charge in [-0.2, -0.15) is 13.2 Å². The van der Waals surface area contributed by atoms with Gasteiger partial charge in [-0.05, 0) is 64.7 Å². The number of piperidine rings is 1. The van der Waals surface area contributed by atoms with Crippen LogP contribution in [0.25, 0.3) is 0 Å². The van der Waals surface area contributed by atoms with Gasteiger partial charge in [0, 0.05) is 50.8 Å². The Bertz CT molecular complexity index is 1130. The Morgan fingerprint density at radius 3 is 2.34 bits per heavy atom. The van der Waals surface area contributed by atoms with E-state index in [1.165, 1.54) is 19.5 Å². The van der Waals surface area contributed by atoms with E-state index in [4.69, 9.17) is 4.74 Å². The number of hydrogen-bond donors (Lipinski definition) is 0. The quantitative estimate of drug-likeness (QED) is 0.550. The van der Waals surface area contributed by atoms with Crippen LogP contribution in [0.3, 0.4) is 0 Å². The Balaban J connectivity index is 1.32. The van der Waals surface area contributed by atoms with Crippen LogP contribution in [0.4, 0.5) is 13.2 Å². The van der Waals surface area contributed by atoms with Gasteiger partial charge in [-0.1, -0.05) is 6.07 Å². The maximum Gasteiger partial charge on any atom is 0.416 e. The van der Waals surface area contributed by atoms with E-state index in [2.05, 4.69) is 33.6 Å². The first-order valence-electron chi connectivity index (χ1n) is 13.2. The molecule has 7 nitrogen and oxygen atoms in total. The first-order valence-corrected chi connectivity index (χ1v) is 13.2. The molecule has 10 heteroatoms. The Hall–Kier alpha value is -2.72. The second-order valence-electron chi connectivity index (χ2n) is 10.8. The number of carbonyl (C=O) groups excluding carboxylic acids is 1. The average molecular weight is 534 g/mol. The van der Waals surface area contributed by atoms with Crippen LogP contribution in [0.1, 0.15) is 59.6 Å². The summed E-state index contributed by atoms with van der Waals surface area (Å²) >= 11 is 0. The number of likely N-dealkylation sites (tertiary alicyclic amines) is 1. The van der Waals surface area contributed by atoms with Crippen molar-refractivity contribution < 1.29 is 22.7 Å². The number of carbonyl (C=O) groups is 1. The van der Waals surface area contributed by atoms with Crippen molar-refractivity contribution in [3.05, 3.63) is 52.6 Å². The second kappa shape index (κ2) is 11.2. The van der Waals surface area contributed by atoms with E-state index < -0.39 is 11.7 Å². The molecule has 0 aliphatic carbocycles. The van der Waals surface area contributed by atoms with E-state index >= 15 is 0 Å². The number of alkyl halides is 3. The third-order valence-electron chi connectivity index (χ3n) is 8.38. The summed E-state index contributed by atoms with van der Waals surface area (Å²) in [5.74, 6) is 0.298. The number of aryl methyl sites for hydroxylation is 2. The molecule has 0 N–H and O–H groups in total. The van der Waals surface area contributed by atoms with Crippen LogP contribution in [0.15, 0.2) is 24.5 Å². The van der Waals surface area contributed by atoms with Gasteiger partial charge in [0.2, 0.25) is 0 Å². The molecule has 0 bridgehead atoms. The maximum atomic E-state index is 13.2. The number of hydrogen-bond acceptors (Lipinski definition) is 6. The summed E-state index contributed by atoms with van der Waals surface area (Å²) in [6.07, 6.45) is -0.457. The van der Waals surface area contributed by atoms with Crippen LogP contribution in [-0.2, 0) is 12.6 Å². The number of piperazine rings is 1. The monoisotopic (exact) mass is 533 g/mol. The molecule has 1 amide bonds. The van der Waals surface area contributed by atoms with E-state index in [0.717, 1.165) is 68.1 Å². The number of rotatable bonds is 6. The van der Waals surface area contributed by atoms with Gasteiger partial charge in [0.05, 0.1) is 29.6 Å². The summed E-state index contributed by atoms with van der Waals surface area (Å²) in [7, 11) is 1.41. The molecule has 2 saturated heterocycles. The molecule has 2 aliphatic rings. The summed E-state index contributed by atoms with van der Waals surface area (Å²) in [6, 6.07) is 4.06. The van der Waals surface area contributed by atoms with Gasteiger partial charge in [0.1, 0.15) is 12.1 Å². The number of amides is 1. The Morgan fingerprint density at radius 1 is 1.11 bits per heavy atom. The van der Waals surface area contributed by atoms with Crippen LogP contribution >= 0.6 is 0 Å². The van der Waals surface area contributed by atoms with Crippen LogP contribution in [-0.4, -0.2) is 88.5 Å². The number of aromatic nitrogens is 2. The first kappa shape index (κ1) is 28.3. The largest absolute Gasteiger partial charge is 0.496 e. The van der Waals surface area contributed by atoms with Crippen molar-refractivity contribution in [3.63, 3.8) is 0 Å². The lowest BCUT2D eigenvalue weighted by Crippen LogP contribution is -2.62. The predicted octanol–water partition coefficient (Wildman–Crippen LogP) is 4.36. The fraction of sp³-hybridized carbons (Fsp3) is 0.607. The molecule has 208 valence electrons. The predicted molar refractivity (Wildman–Crippen MR) is 139 cm³/mol. The minimum Gasteiger partial charge on any atom is -0.496 e. The van der Waals surface area contributed by atoms with Gasteiger partial charge >= 0.3 is 6.18 Å². The third-order valence-corrected chi connectivity index (χ3v) is 8.38. The summed E-state index contributed by atoms with van der Waals surface area (Å²) in [5.41, 5.74) is 2.16. The summed E-state index contributed by atoms with van der Waals surface area (Å²) in [5, 5.41) is 0. The summed E-state index contributed by atoms with van der Waals surface area (Å²) in [6.45, 7) is 13.1. The van der Waals surface area contributed by atoms with Crippen molar-refractivity contribution in [2.45, 2.75) is 64.7 Å². The SMILES string of the molecule is COc1cc(C(F)(F)F)ccc1CCN1CCN(C2(C)CCN(C(=O)c3c(C)ncnc3C)CC2)C[C@@H]1C. The van der Waals surface area contributed by atoms with Crippen molar-refractivity contribution in [3.8, 4) is 5.75 Å². The Kier molecular flexibility index (Phi) is 8.32. The number of halogens is 3. The number of nitrogens with zero attached hydrogens (tertiary/aromatic N) is 5. The zero-order valence-corrected chi connectivity index (χ0v) is 22.9. The highest BCUT2D eigenvalue weighted by atomic mass is 19.4. The minimum absolute atomic E-state index is 0.0135. The molecule has 1 aromatic carbocycles. The molecule has 38 heavy (non-hydrogen) atoms. The molecular weight excluding hydrogens is 495 g/mol. The lowest BCUT2D eigenvalue weighted by Gasteiger charge is -2.51. The van der Waals surface area contributed by atoms with E-state index in [1.807, 2.05) is 18.7 Å². The van der Waals surface area contributed by atoms with Gasteiger partial charge < -0.3 is 9.64 Å². The smallest absolute Gasteiger partial charge is 0.416 e. The van der Waals surface area contributed by atoms with Crippen LogP contribution in [0.5, 0.6) is 5.75 Å². The Morgan fingerprint density at radius 2 is 1.76 bits per heavy atom. The van der Waals surface area contributed by atoms with E-state index in [1.54, 1.807) is 0 Å². The molecule has 0 radical (unpaired) electrons. The van der Waals surface area contributed by atoms with Crippen LogP contribution < -0.4 is 4.74 Å². The molecule has 4 rings (SSSR count). The van der Waals surface area contributed by atoms with E-state index in [0.29, 0.717) is 31.1 Å². The highest BCUT2D eigenvalue weighted by Gasteiger charge is 2.40. The number of ether oxygens (including phenoxy) is 1. The van der Waals surface area contributed by atoms with Gasteiger partial charge in [0.15, 0.2) is 0 Å². The van der Waals surface area contributed by atoms with Gasteiger partial charge in [-0.15, -0.1) is 0 Å². The van der Waals surface area contributed by atoms with Gasteiger partial charge in [-0.25, -0.2) is 9.97 Å². The van der Waals surface area contributed by atoms with Gasteiger partial charge in [-0.3, -0.25) is 14.6 Å². The summed E-state index contributed by atoms with van der Waals surface area (Å²) in [4.78, 5) is 28.5. The van der Waals surface area contributed by atoms with Crippen LogP contribution in [0.2, 0.25) is 0 Å². The fourth-order valence-electron chi connectivity index (χ4n) is 5.78. The Labute approximate surface area is 223 Å². The lowest BCUT2D eigenvalue weighted by atomic mass is 9.86. The van der Waals surface area contributed by atoms with E-state index in [9.17, 15) is 18.0 Å². The molecule has 2 aromatic rings. The third kappa shape index (κ3) is 5.96. The second-order valence-corrected chi connectivity index (χ2v) is 10.8. The van der Waals surface area contributed by atoms with Gasteiger partial charge in [0.25, 0.3) is 5.91 Å². The normalized spacial score (nSPS) is 20.9. The van der Waals surface area contributed by atoms with Crippen LogP contribution in [0, 0.1) is 13.8 Å². The van der Waals surface area contributed by atoms with E-state index in [-0.39, 0.29) is 17.2 Å². The molecule has 3 heterocycles. The standard InChI is InChI=1S/C28H38F3N5O2/c1-19-17-36(15-14-34(19)11-8-22-6-7-23(28(29,30)31)16-24(22)38-5)27(4)9-12-35(13-10-27)26(37)25-20(2)32-18-33-21(25)3/h6-7,16,18-19H,8-15,17H2,1-5H3/t19-/m0/s1. The molecule has 1 aromatic heterocycles. The zero-order valence-electron chi connectivity index (χ0n) is 22.9. The minimum atomic E-state index is -4.38. The zero-order chi connectivity index (χ0) is 27.7. The highest BCUT2D eigenvalue weighted by Crippen LogP contribution is 2.34. The average Bonchev–Trinajstić information content (AvgIpc) is 2.87. The maximum absolute atomic E-state index is 13.2. The summed E-state index contributed by atoms with van der Waals surface area (Å²) < 4.78 is 44.5. The van der Waals surface area contributed by atoms with Crippen molar-refractivity contribution in [1.29, 1.82) is 0 Å². The van der Waals surface area contributed by atoms with Crippen molar-refractivity contribution >= 4 is 5.91 Å². The first-order chi connectivity index (χ1) is 17.9. The lowest BCUT2D eigenvalue weighted by molar-refractivity contribution is -0.137. The fourth-order valence-corrected chi connectivity index (χ4v) is 5.78. The highest BCUT2D eigenvalue weighted by molar-refractivity contribution is 5.96. The molecule has 0 unspecified atom stereocenters. The molecule has 1 atom stereocenters. The topological polar surface area (TPSA) is 61.8 Å². The number of methoxy groups -OCH3 is 1. The molecule has 0 saturated carbocycles. The van der Waals surface area contributed by atoms with Crippen molar-refractivity contribution in [2.75, 3.05) is 46.4 Å². The van der Waals surface area contributed by atoms with Crippen molar-refractivity contribution in [2.24, 2.45) is 0 Å².